The maximum atomic E-state index is 13.8. The van der Waals surface area contributed by atoms with Gasteiger partial charge >= 0.3 is 17.9 Å². The Bertz CT molecular complexity index is 2450. The van der Waals surface area contributed by atoms with Crippen molar-refractivity contribution in [1.29, 1.82) is 0 Å². The third-order valence-corrected chi connectivity index (χ3v) is 12.3. The number of esters is 3. The molecule has 0 spiro atoms. The van der Waals surface area contributed by atoms with Crippen LogP contribution in [-0.4, -0.2) is 68.9 Å². The minimum atomic E-state index is -0.494. The van der Waals surface area contributed by atoms with E-state index in [9.17, 15) is 14.4 Å². The highest BCUT2D eigenvalue weighted by Crippen LogP contribution is 2.32. The van der Waals surface area contributed by atoms with Crippen LogP contribution in [0.15, 0.2) is 120 Å². The van der Waals surface area contributed by atoms with Crippen molar-refractivity contribution in [3.63, 3.8) is 0 Å². The Balaban J connectivity index is 1.15. The molecule has 0 N–H and O–H groups in total. The van der Waals surface area contributed by atoms with Crippen LogP contribution in [0.5, 0.6) is 17.2 Å². The second-order valence-electron chi connectivity index (χ2n) is 16.5. The number of hydrazone groups is 1. The number of benzene rings is 4. The molecule has 1 heterocycles. The fourth-order valence-corrected chi connectivity index (χ4v) is 8.37. The van der Waals surface area contributed by atoms with E-state index < -0.39 is 17.9 Å². The van der Waals surface area contributed by atoms with E-state index in [1.54, 1.807) is 60.0 Å². The number of hydrogen-bond acceptors (Lipinski definition) is 12. The zero-order chi connectivity index (χ0) is 47.1. The van der Waals surface area contributed by atoms with Gasteiger partial charge in [0.2, 0.25) is 5.13 Å². The quantitative estimate of drug-likeness (QED) is 0.00870. The molecule has 0 fully saturated rings. The van der Waals surface area contributed by atoms with Crippen LogP contribution in [0.1, 0.15) is 106 Å². The van der Waals surface area contributed by atoms with Crippen molar-refractivity contribution in [1.82, 2.24) is 4.98 Å². The Morgan fingerprint density at radius 2 is 1.58 bits per heavy atom. The summed E-state index contributed by atoms with van der Waals surface area (Å²) in [5.74, 6) is 0.0521. The second kappa shape index (κ2) is 27.6. The zero-order valence-electron chi connectivity index (χ0n) is 39.0. The molecule has 351 valence electrons. The Labute approximate surface area is 400 Å². The first kappa shape index (κ1) is 50.4. The van der Waals surface area contributed by atoms with Crippen LogP contribution >= 0.6 is 11.3 Å². The highest BCUT2D eigenvalue weighted by atomic mass is 32.1. The second-order valence-corrected chi connectivity index (χ2v) is 17.5. The van der Waals surface area contributed by atoms with Gasteiger partial charge in [-0.1, -0.05) is 113 Å². The number of hydrogen-bond donors (Lipinski definition) is 0. The number of anilines is 1. The molecule has 1 radical (unpaired) electrons. The normalized spacial score (nSPS) is 13.4. The number of carbonyl (C=O) groups excluding carboxylic acids is 3. The van der Waals surface area contributed by atoms with Crippen molar-refractivity contribution < 1.29 is 38.1 Å². The predicted molar refractivity (Wildman–Crippen MR) is 271 cm³/mol. The minimum Gasteiger partial charge on any atom is -0.494 e. The van der Waals surface area contributed by atoms with Crippen molar-refractivity contribution in [2.45, 2.75) is 110 Å². The molecule has 13 heteroatoms. The van der Waals surface area contributed by atoms with E-state index in [4.69, 9.17) is 33.8 Å². The first-order valence-electron chi connectivity index (χ1n) is 23.8. The van der Waals surface area contributed by atoms with E-state index in [0.29, 0.717) is 66.7 Å². The third kappa shape index (κ3) is 16.4. The van der Waals surface area contributed by atoms with Gasteiger partial charge in [0.15, 0.2) is 0 Å². The summed E-state index contributed by atoms with van der Waals surface area (Å²) in [6.07, 6.45) is 22.2. The largest absolute Gasteiger partial charge is 0.494 e. The van der Waals surface area contributed by atoms with Crippen LogP contribution < -0.4 is 19.2 Å². The number of unbranched alkanes of at least 4 members (excludes halogenated alkanes) is 9. The van der Waals surface area contributed by atoms with Gasteiger partial charge in [-0.05, 0) is 116 Å². The lowest BCUT2D eigenvalue weighted by Gasteiger charge is -2.18. The van der Waals surface area contributed by atoms with E-state index >= 15 is 0 Å². The molecule has 5 aromatic rings. The number of ether oxygens (including phenoxy) is 5. The molecule has 1 unspecified atom stereocenters. The Kier molecular flexibility index (Phi) is 20.7. The molecular weight excluding hydrogens is 861 g/mol. The standard InChI is InChI=1S/C54H63BN3O8S/c1-4-6-7-15-32-58(54-57-48-19-12-13-20-50(48)67-54)56-39-44-36-43-37-47(65-52(60)40-21-26-45(27-22-40)62-33-16-9-8-14-31-55-3)30-25-42(43)38-49(44)66-53(61)41-23-28-46(29-24-41)63-34-17-10-11-18-35-64-51(59)5-2/h5,12-13,19-28,30,36-39,46H,2,4,6-11,14-18,29,31-35H2,1,3H3/b56-39+. The maximum Gasteiger partial charge on any atom is 0.343 e. The molecule has 0 saturated carbocycles. The van der Waals surface area contributed by atoms with E-state index in [1.165, 1.54) is 18.9 Å². The number of thiazole rings is 1. The van der Waals surface area contributed by atoms with E-state index in [-0.39, 0.29) is 6.10 Å². The summed E-state index contributed by atoms with van der Waals surface area (Å²) in [4.78, 5) is 43.2. The molecule has 11 nitrogen and oxygen atoms in total. The average Bonchev–Trinajstić information content (AvgIpc) is 3.79. The number of rotatable bonds is 29. The van der Waals surface area contributed by atoms with Crippen LogP contribution in [0, 0.1) is 0 Å². The molecule has 1 aromatic heterocycles. The van der Waals surface area contributed by atoms with Gasteiger partial charge in [0, 0.05) is 24.8 Å². The summed E-state index contributed by atoms with van der Waals surface area (Å²) in [5, 5.41) is 9.23. The molecule has 0 bridgehead atoms. The number of para-hydroxylation sites is 1. The van der Waals surface area contributed by atoms with Crippen molar-refractivity contribution in [2.75, 3.05) is 31.4 Å². The fraction of sp³-hybridized carbons (Fsp3) is 0.389. The summed E-state index contributed by atoms with van der Waals surface area (Å²) in [7, 11) is 2.20. The van der Waals surface area contributed by atoms with Gasteiger partial charge < -0.3 is 23.7 Å². The number of fused-ring (bicyclic) bond motifs is 2. The lowest BCUT2D eigenvalue weighted by molar-refractivity contribution is -0.137. The summed E-state index contributed by atoms with van der Waals surface area (Å²) in [5.41, 5.74) is 2.32. The molecule has 1 aliphatic rings. The predicted octanol–water partition coefficient (Wildman–Crippen LogP) is 12.7. The number of carbonyl (C=O) groups is 3. The van der Waals surface area contributed by atoms with E-state index in [0.717, 1.165) is 96.6 Å². The van der Waals surface area contributed by atoms with E-state index in [1.807, 2.05) is 53.6 Å². The van der Waals surface area contributed by atoms with Gasteiger partial charge in [0.1, 0.15) is 24.5 Å². The highest BCUT2D eigenvalue weighted by Gasteiger charge is 2.19. The number of aromatic nitrogens is 1. The van der Waals surface area contributed by atoms with Gasteiger partial charge in [0.05, 0.1) is 46.9 Å². The first-order chi connectivity index (χ1) is 32.8. The smallest absolute Gasteiger partial charge is 0.343 e. The molecule has 67 heavy (non-hydrogen) atoms. The van der Waals surface area contributed by atoms with Crippen molar-refractivity contribution in [3.8, 4) is 17.2 Å². The van der Waals surface area contributed by atoms with Crippen LogP contribution in [0.3, 0.4) is 0 Å². The topological polar surface area (TPSA) is 126 Å². The zero-order valence-corrected chi connectivity index (χ0v) is 39.8. The minimum absolute atomic E-state index is 0.144. The summed E-state index contributed by atoms with van der Waals surface area (Å²) < 4.78 is 30.1. The molecule has 4 aromatic carbocycles. The SMILES string of the molecule is C=CC(=O)OCCCCCCOC1C=CC(C(=O)Oc2cc3ccc(OC(=O)c4ccc(OCCCCCC[B]C)cc4)cc3cc2/C=N/N(CCCCCC)c2nc3ccccc3s2)=CC1. The first-order valence-corrected chi connectivity index (χ1v) is 24.6. The summed E-state index contributed by atoms with van der Waals surface area (Å²) >= 11 is 1.58. The third-order valence-electron chi connectivity index (χ3n) is 11.2. The van der Waals surface area contributed by atoms with Gasteiger partial charge in [-0.15, -0.1) is 0 Å². The maximum absolute atomic E-state index is 13.8. The molecule has 0 saturated heterocycles. The van der Waals surface area contributed by atoms with Crippen molar-refractivity contribution in [2.24, 2.45) is 5.10 Å². The van der Waals surface area contributed by atoms with Gasteiger partial charge in [0.25, 0.3) is 0 Å². The molecule has 1 aliphatic carbocycles. The lowest BCUT2D eigenvalue weighted by atomic mass is 9.76. The van der Waals surface area contributed by atoms with Crippen molar-refractivity contribution >= 4 is 68.9 Å². The van der Waals surface area contributed by atoms with Gasteiger partial charge in [-0.25, -0.2) is 24.4 Å². The fourth-order valence-electron chi connectivity index (χ4n) is 7.42. The van der Waals surface area contributed by atoms with Crippen molar-refractivity contribution in [3.05, 3.63) is 126 Å². The molecular formula is C54H63BN3O8S. The molecule has 0 aliphatic heterocycles. The van der Waals surface area contributed by atoms with Crippen LogP contribution in [0.25, 0.3) is 21.0 Å². The Hall–Kier alpha value is -6.05. The highest BCUT2D eigenvalue weighted by molar-refractivity contribution is 7.22. The molecule has 1 atom stereocenters. The Morgan fingerprint density at radius 3 is 2.34 bits per heavy atom. The monoisotopic (exact) mass is 924 g/mol. The lowest BCUT2D eigenvalue weighted by Crippen LogP contribution is -2.19. The van der Waals surface area contributed by atoms with E-state index in [2.05, 4.69) is 33.7 Å². The van der Waals surface area contributed by atoms with Gasteiger partial charge in [-0.3, -0.25) is 0 Å². The molecule has 0 amide bonds. The van der Waals surface area contributed by atoms with Crippen LogP contribution in [0.2, 0.25) is 13.1 Å². The van der Waals surface area contributed by atoms with Gasteiger partial charge in [-0.2, -0.15) is 5.10 Å². The Morgan fingerprint density at radius 1 is 0.821 bits per heavy atom. The summed E-state index contributed by atoms with van der Waals surface area (Å²) in [6.45, 7) is 9.97. The van der Waals surface area contributed by atoms with Crippen LogP contribution in [-0.2, 0) is 19.1 Å². The summed E-state index contributed by atoms with van der Waals surface area (Å²) in [6, 6.07) is 24.1. The van der Waals surface area contributed by atoms with Crippen LogP contribution in [0.4, 0.5) is 5.13 Å². The average molecular weight is 925 g/mol. The molecule has 6 rings (SSSR count). The number of nitrogens with zero attached hydrogens (tertiary/aromatic N) is 3.